The molecule has 134 valence electrons. The number of benzene rings is 2. The third kappa shape index (κ3) is 3.00. The fourth-order valence-corrected chi connectivity index (χ4v) is 3.65. The van der Waals surface area contributed by atoms with Crippen molar-refractivity contribution in [3.8, 4) is 16.9 Å². The van der Waals surface area contributed by atoms with E-state index in [-0.39, 0.29) is 5.75 Å². The number of ether oxygens (including phenoxy) is 1. The summed E-state index contributed by atoms with van der Waals surface area (Å²) in [5, 5.41) is 13.3. The van der Waals surface area contributed by atoms with Gasteiger partial charge in [0.05, 0.1) is 18.8 Å². The Labute approximate surface area is 151 Å². The topological polar surface area (TPSA) is 66.9 Å². The van der Waals surface area contributed by atoms with Crippen LogP contribution in [0.25, 0.3) is 22.1 Å². The van der Waals surface area contributed by atoms with E-state index < -0.39 is 5.63 Å². The summed E-state index contributed by atoms with van der Waals surface area (Å²) in [7, 11) is 0. The first-order valence-electron chi connectivity index (χ1n) is 8.88. The highest BCUT2D eigenvalue weighted by atomic mass is 16.5. The predicted molar refractivity (Wildman–Crippen MR) is 97.3 cm³/mol. The normalized spacial score (nSPS) is 15.4. The van der Waals surface area contributed by atoms with E-state index in [9.17, 15) is 9.90 Å². The van der Waals surface area contributed by atoms with Crippen molar-refractivity contribution < 1.29 is 19.2 Å². The van der Waals surface area contributed by atoms with Crippen LogP contribution in [0, 0.1) is 6.92 Å². The summed E-state index contributed by atoms with van der Waals surface area (Å²) >= 11 is 0. The number of hydrogen-bond donors (Lipinski definition) is 1. The van der Waals surface area contributed by atoms with Crippen LogP contribution in [0.1, 0.15) is 11.1 Å². The Balaban J connectivity index is 1.86. The predicted octanol–water partition coefficient (Wildman–Crippen LogP) is 1.26. The lowest BCUT2D eigenvalue weighted by molar-refractivity contribution is -0.921. The van der Waals surface area contributed by atoms with E-state index in [0.717, 1.165) is 29.6 Å². The molecule has 0 bridgehead atoms. The zero-order valence-corrected chi connectivity index (χ0v) is 14.7. The van der Waals surface area contributed by atoms with E-state index in [0.29, 0.717) is 36.5 Å². The molecule has 0 unspecified atom stereocenters. The lowest BCUT2D eigenvalue weighted by Gasteiger charge is -2.26. The quantitative estimate of drug-likeness (QED) is 0.722. The lowest BCUT2D eigenvalue weighted by atomic mass is 9.98. The van der Waals surface area contributed by atoms with Crippen molar-refractivity contribution in [2.75, 3.05) is 26.3 Å². The molecule has 2 aromatic carbocycles. The lowest BCUT2D eigenvalue weighted by Crippen LogP contribution is -3.12. The van der Waals surface area contributed by atoms with Gasteiger partial charge in [0.1, 0.15) is 25.2 Å². The van der Waals surface area contributed by atoms with Gasteiger partial charge in [0.25, 0.3) is 0 Å². The van der Waals surface area contributed by atoms with Gasteiger partial charge < -0.3 is 19.2 Å². The van der Waals surface area contributed by atoms with Gasteiger partial charge in [-0.15, -0.1) is 0 Å². The molecular weight excluding hydrogens is 330 g/mol. The molecule has 1 aliphatic heterocycles. The first kappa shape index (κ1) is 16.8. The van der Waals surface area contributed by atoms with Gasteiger partial charge in [0.2, 0.25) is 0 Å². The fraction of sp³-hybridized carbons (Fsp3) is 0.286. The van der Waals surface area contributed by atoms with Gasteiger partial charge in [-0.05, 0) is 18.1 Å². The zero-order valence-electron chi connectivity index (χ0n) is 14.7. The van der Waals surface area contributed by atoms with Crippen molar-refractivity contribution in [2.24, 2.45) is 0 Å². The van der Waals surface area contributed by atoms with Crippen LogP contribution >= 0.6 is 0 Å². The Morgan fingerprint density at radius 3 is 2.54 bits per heavy atom. The molecule has 0 spiro atoms. The second kappa shape index (κ2) is 6.94. The molecule has 4 rings (SSSR count). The standard InChI is InChI=1S/C21H21NO4/c1-14-16-7-8-18(23)17(13-22-9-11-25-12-10-22)20(16)26-21(24)19(14)15-5-3-2-4-6-15/h2-8,23H,9-13H2,1H3. The molecule has 0 radical (unpaired) electrons. The number of morpholine rings is 1. The number of aryl methyl sites for hydroxylation is 1. The highest BCUT2D eigenvalue weighted by molar-refractivity contribution is 5.89. The smallest absolute Gasteiger partial charge is 0.344 e. The van der Waals surface area contributed by atoms with Crippen molar-refractivity contribution in [2.45, 2.75) is 13.5 Å². The highest BCUT2D eigenvalue weighted by Crippen LogP contribution is 2.31. The van der Waals surface area contributed by atoms with Gasteiger partial charge in [-0.2, -0.15) is 0 Å². The average molecular weight is 351 g/mol. The fourth-order valence-electron chi connectivity index (χ4n) is 3.65. The Bertz CT molecular complexity index is 988. The molecule has 26 heavy (non-hydrogen) atoms. The van der Waals surface area contributed by atoms with Crippen molar-refractivity contribution in [3.63, 3.8) is 0 Å². The largest absolute Gasteiger partial charge is 0.872 e. The van der Waals surface area contributed by atoms with Crippen LogP contribution in [-0.4, -0.2) is 26.3 Å². The Hall–Kier alpha value is -2.63. The maximum absolute atomic E-state index is 12.7. The third-order valence-corrected chi connectivity index (χ3v) is 5.08. The minimum absolute atomic E-state index is 0.0773. The Morgan fingerprint density at radius 1 is 1.08 bits per heavy atom. The number of fused-ring (bicyclic) bond motifs is 1. The second-order valence-corrected chi connectivity index (χ2v) is 6.71. The summed E-state index contributed by atoms with van der Waals surface area (Å²) in [6, 6.07) is 12.8. The van der Waals surface area contributed by atoms with Crippen LogP contribution in [0.3, 0.4) is 0 Å². The van der Waals surface area contributed by atoms with Gasteiger partial charge in [-0.3, -0.25) is 0 Å². The van der Waals surface area contributed by atoms with Crippen LogP contribution in [0.4, 0.5) is 0 Å². The van der Waals surface area contributed by atoms with Crippen molar-refractivity contribution in [1.29, 1.82) is 0 Å². The van der Waals surface area contributed by atoms with Gasteiger partial charge in [0, 0.05) is 10.9 Å². The molecule has 1 aliphatic rings. The summed E-state index contributed by atoms with van der Waals surface area (Å²) in [6.07, 6.45) is 0. The summed E-state index contributed by atoms with van der Waals surface area (Å²) in [6.45, 7) is 5.54. The van der Waals surface area contributed by atoms with E-state index in [4.69, 9.17) is 9.15 Å². The molecular formula is C21H21NO4. The van der Waals surface area contributed by atoms with Gasteiger partial charge in [0.15, 0.2) is 0 Å². The Kier molecular flexibility index (Phi) is 4.49. The van der Waals surface area contributed by atoms with E-state index in [1.807, 2.05) is 37.3 Å². The van der Waals surface area contributed by atoms with Crippen LogP contribution in [0.2, 0.25) is 0 Å². The van der Waals surface area contributed by atoms with Gasteiger partial charge in [-0.25, -0.2) is 4.79 Å². The summed E-state index contributed by atoms with van der Waals surface area (Å²) in [4.78, 5) is 14.0. The van der Waals surface area contributed by atoms with Crippen LogP contribution in [0.15, 0.2) is 51.7 Å². The third-order valence-electron chi connectivity index (χ3n) is 5.08. The molecule has 5 heteroatoms. The van der Waals surface area contributed by atoms with Crippen molar-refractivity contribution in [3.05, 3.63) is 64.0 Å². The number of rotatable bonds is 3. The summed E-state index contributed by atoms with van der Waals surface area (Å²) < 4.78 is 11.1. The SMILES string of the molecule is Cc1c(-c2ccccc2)c(=O)oc2c(C[NH+]3CCOCC3)c([O-])ccc12. The van der Waals surface area contributed by atoms with E-state index in [2.05, 4.69) is 0 Å². The molecule has 1 fully saturated rings. The maximum Gasteiger partial charge on any atom is 0.344 e. The molecule has 3 aromatic rings. The molecule has 0 amide bonds. The van der Waals surface area contributed by atoms with E-state index >= 15 is 0 Å². The summed E-state index contributed by atoms with van der Waals surface area (Å²) in [5.74, 6) is -0.0773. The molecule has 0 saturated carbocycles. The van der Waals surface area contributed by atoms with Gasteiger partial charge in [-0.1, -0.05) is 48.2 Å². The number of nitrogens with one attached hydrogen (secondary N) is 1. The van der Waals surface area contributed by atoms with Crippen molar-refractivity contribution >= 4 is 11.0 Å². The molecule has 1 saturated heterocycles. The van der Waals surface area contributed by atoms with Crippen LogP contribution < -0.4 is 15.6 Å². The zero-order chi connectivity index (χ0) is 18.1. The molecule has 2 heterocycles. The summed E-state index contributed by atoms with van der Waals surface area (Å²) in [5.41, 5.74) is 2.84. The Morgan fingerprint density at radius 2 is 1.81 bits per heavy atom. The minimum Gasteiger partial charge on any atom is -0.872 e. The van der Waals surface area contributed by atoms with Gasteiger partial charge >= 0.3 is 5.63 Å². The molecule has 0 atom stereocenters. The molecule has 1 aromatic heterocycles. The number of quaternary nitrogens is 1. The molecule has 1 N–H and O–H groups in total. The molecule has 0 aliphatic carbocycles. The van der Waals surface area contributed by atoms with Crippen LogP contribution in [0.5, 0.6) is 5.75 Å². The first-order chi connectivity index (χ1) is 12.6. The van der Waals surface area contributed by atoms with E-state index in [1.54, 1.807) is 12.1 Å². The van der Waals surface area contributed by atoms with Crippen LogP contribution in [-0.2, 0) is 11.3 Å². The monoisotopic (exact) mass is 351 g/mol. The first-order valence-corrected chi connectivity index (χ1v) is 8.88. The number of hydrogen-bond acceptors (Lipinski definition) is 4. The average Bonchev–Trinajstić information content (AvgIpc) is 2.66. The second-order valence-electron chi connectivity index (χ2n) is 6.71. The van der Waals surface area contributed by atoms with Crippen molar-refractivity contribution in [1.82, 2.24) is 0 Å². The van der Waals surface area contributed by atoms with E-state index in [1.165, 1.54) is 4.90 Å². The highest BCUT2D eigenvalue weighted by Gasteiger charge is 2.20. The minimum atomic E-state index is -0.398. The maximum atomic E-state index is 12.7. The molecule has 5 nitrogen and oxygen atoms in total.